The number of nitrogens with zero attached hydrogens (tertiary/aromatic N) is 1. The maximum atomic E-state index is 10.7. The number of aliphatic hydroxyl groups excluding tert-OH is 1. The van der Waals surface area contributed by atoms with Gasteiger partial charge in [-0.15, -0.1) is 0 Å². The van der Waals surface area contributed by atoms with E-state index in [4.69, 9.17) is 16.3 Å². The van der Waals surface area contributed by atoms with E-state index in [1.54, 1.807) is 31.2 Å². The molecule has 0 aliphatic rings. The van der Waals surface area contributed by atoms with E-state index in [1.165, 1.54) is 12.1 Å². The number of non-ortho nitro benzene ring substituents is 1. The van der Waals surface area contributed by atoms with Crippen LogP contribution in [0.15, 0.2) is 42.5 Å². The molecule has 1 N–H and O–H groups in total. The van der Waals surface area contributed by atoms with Crippen LogP contribution in [0.2, 0.25) is 5.02 Å². The fourth-order valence-corrected chi connectivity index (χ4v) is 2.11. The molecule has 0 aliphatic heterocycles. The Morgan fingerprint density at radius 3 is 2.67 bits per heavy atom. The van der Waals surface area contributed by atoms with Crippen LogP contribution in [0.5, 0.6) is 5.75 Å². The van der Waals surface area contributed by atoms with Gasteiger partial charge in [0.05, 0.1) is 16.0 Å². The summed E-state index contributed by atoms with van der Waals surface area (Å²) in [4.78, 5) is 10.2. The summed E-state index contributed by atoms with van der Waals surface area (Å²) in [7, 11) is 0. The van der Waals surface area contributed by atoms with Gasteiger partial charge in [-0.2, -0.15) is 0 Å². The Kier molecular flexibility index (Phi) is 4.77. The summed E-state index contributed by atoms with van der Waals surface area (Å²) >= 11 is 6.01. The zero-order valence-electron chi connectivity index (χ0n) is 11.3. The summed E-state index contributed by atoms with van der Waals surface area (Å²) in [5.74, 6) is 0.557. The molecule has 0 unspecified atom stereocenters. The van der Waals surface area contributed by atoms with Crippen molar-refractivity contribution in [2.45, 2.75) is 19.6 Å². The van der Waals surface area contributed by atoms with Crippen molar-refractivity contribution in [3.8, 4) is 5.75 Å². The van der Waals surface area contributed by atoms with Gasteiger partial charge in [0.1, 0.15) is 12.4 Å². The van der Waals surface area contributed by atoms with Crippen molar-refractivity contribution in [3.05, 3.63) is 68.7 Å². The molecule has 2 rings (SSSR count). The number of aliphatic hydroxyl groups is 1. The van der Waals surface area contributed by atoms with Crippen LogP contribution in [0.25, 0.3) is 0 Å². The van der Waals surface area contributed by atoms with Gasteiger partial charge in [0, 0.05) is 23.3 Å². The van der Waals surface area contributed by atoms with E-state index >= 15 is 0 Å². The lowest BCUT2D eigenvalue weighted by molar-refractivity contribution is -0.384. The molecule has 0 spiro atoms. The summed E-state index contributed by atoms with van der Waals surface area (Å²) in [6, 6.07) is 11.4. The number of nitro groups is 1. The maximum absolute atomic E-state index is 10.7. The topological polar surface area (TPSA) is 72.6 Å². The first-order valence-electron chi connectivity index (χ1n) is 6.31. The average Bonchev–Trinajstić information content (AvgIpc) is 2.46. The first-order valence-corrected chi connectivity index (χ1v) is 6.69. The Hall–Kier alpha value is -2.11. The minimum absolute atomic E-state index is 0.0619. The van der Waals surface area contributed by atoms with E-state index < -0.39 is 11.0 Å². The van der Waals surface area contributed by atoms with Gasteiger partial charge in [-0.05, 0) is 19.1 Å². The number of halogens is 1. The highest BCUT2D eigenvalue weighted by molar-refractivity contribution is 6.31. The minimum atomic E-state index is -0.645. The standard InChI is InChI=1S/C15H14ClNO4/c1-10(18)13-4-2-3-5-15(13)21-9-11-6-7-12(17(19)20)8-14(11)16/h2-8,10,18H,9H2,1H3/t10-/m0/s1. The van der Waals surface area contributed by atoms with Crippen molar-refractivity contribution in [2.24, 2.45) is 0 Å². The van der Waals surface area contributed by atoms with Gasteiger partial charge in [-0.3, -0.25) is 10.1 Å². The van der Waals surface area contributed by atoms with Crippen molar-refractivity contribution in [1.82, 2.24) is 0 Å². The van der Waals surface area contributed by atoms with E-state index in [9.17, 15) is 15.2 Å². The molecule has 0 amide bonds. The lowest BCUT2D eigenvalue weighted by Crippen LogP contribution is -2.01. The van der Waals surface area contributed by atoms with Crippen LogP contribution >= 0.6 is 11.6 Å². The smallest absolute Gasteiger partial charge is 0.270 e. The Bertz CT molecular complexity index is 658. The van der Waals surface area contributed by atoms with Crippen LogP contribution in [0.3, 0.4) is 0 Å². The molecule has 6 heteroatoms. The first kappa shape index (κ1) is 15.3. The van der Waals surface area contributed by atoms with Crippen molar-refractivity contribution in [2.75, 3.05) is 0 Å². The minimum Gasteiger partial charge on any atom is -0.488 e. The number of hydrogen-bond acceptors (Lipinski definition) is 4. The van der Waals surface area contributed by atoms with Crippen LogP contribution in [-0.4, -0.2) is 10.0 Å². The van der Waals surface area contributed by atoms with Crippen molar-refractivity contribution in [1.29, 1.82) is 0 Å². The normalized spacial score (nSPS) is 12.0. The highest BCUT2D eigenvalue weighted by atomic mass is 35.5. The van der Waals surface area contributed by atoms with E-state index in [1.807, 2.05) is 6.07 Å². The molecule has 2 aromatic rings. The van der Waals surface area contributed by atoms with Crippen LogP contribution < -0.4 is 4.74 Å². The molecule has 0 aliphatic carbocycles. The third kappa shape index (κ3) is 3.71. The number of benzene rings is 2. The Morgan fingerprint density at radius 1 is 1.33 bits per heavy atom. The Morgan fingerprint density at radius 2 is 2.05 bits per heavy atom. The average molecular weight is 308 g/mol. The zero-order chi connectivity index (χ0) is 15.4. The summed E-state index contributed by atoms with van der Waals surface area (Å²) in [6.45, 7) is 1.82. The largest absolute Gasteiger partial charge is 0.488 e. The molecule has 0 saturated carbocycles. The molecule has 1 atom stereocenters. The predicted octanol–water partition coefficient (Wildman–Crippen LogP) is 3.88. The molecule has 0 saturated heterocycles. The second kappa shape index (κ2) is 6.56. The van der Waals surface area contributed by atoms with Gasteiger partial charge < -0.3 is 9.84 Å². The second-order valence-electron chi connectivity index (χ2n) is 4.54. The van der Waals surface area contributed by atoms with Gasteiger partial charge in [-0.25, -0.2) is 0 Å². The summed E-state index contributed by atoms with van der Waals surface area (Å²) in [6.07, 6.45) is -0.645. The molecule has 0 bridgehead atoms. The molecule has 110 valence electrons. The predicted molar refractivity (Wildman–Crippen MR) is 79.5 cm³/mol. The van der Waals surface area contributed by atoms with E-state index in [-0.39, 0.29) is 17.3 Å². The summed E-state index contributed by atoms with van der Waals surface area (Å²) in [5.41, 5.74) is 1.26. The monoisotopic (exact) mass is 307 g/mol. The van der Waals surface area contributed by atoms with Crippen LogP contribution in [-0.2, 0) is 6.61 Å². The lowest BCUT2D eigenvalue weighted by atomic mass is 10.1. The fraction of sp³-hybridized carbons (Fsp3) is 0.200. The zero-order valence-corrected chi connectivity index (χ0v) is 12.1. The van der Waals surface area contributed by atoms with E-state index in [2.05, 4.69) is 0 Å². The van der Waals surface area contributed by atoms with Gasteiger partial charge >= 0.3 is 0 Å². The van der Waals surface area contributed by atoms with Gasteiger partial charge in [0.2, 0.25) is 0 Å². The second-order valence-corrected chi connectivity index (χ2v) is 4.94. The molecular formula is C15H14ClNO4. The molecule has 0 fully saturated rings. The molecule has 0 heterocycles. The first-order chi connectivity index (χ1) is 9.99. The van der Waals surface area contributed by atoms with Gasteiger partial charge in [-0.1, -0.05) is 29.8 Å². The van der Waals surface area contributed by atoms with E-state index in [0.29, 0.717) is 16.9 Å². The number of para-hydroxylation sites is 1. The van der Waals surface area contributed by atoms with Crippen molar-refractivity contribution < 1.29 is 14.8 Å². The third-order valence-corrected chi connectivity index (χ3v) is 3.35. The highest BCUT2D eigenvalue weighted by Gasteiger charge is 2.12. The van der Waals surface area contributed by atoms with Gasteiger partial charge in [0.15, 0.2) is 0 Å². The number of ether oxygens (including phenoxy) is 1. The number of rotatable bonds is 5. The SMILES string of the molecule is C[C@H](O)c1ccccc1OCc1ccc([N+](=O)[O-])cc1Cl. The van der Waals surface area contributed by atoms with Crippen molar-refractivity contribution in [3.63, 3.8) is 0 Å². The maximum Gasteiger partial charge on any atom is 0.270 e. The molecule has 2 aromatic carbocycles. The molecular weight excluding hydrogens is 294 g/mol. The quantitative estimate of drug-likeness (QED) is 0.672. The van der Waals surface area contributed by atoms with Gasteiger partial charge in [0.25, 0.3) is 5.69 Å². The highest BCUT2D eigenvalue weighted by Crippen LogP contribution is 2.27. The van der Waals surface area contributed by atoms with Crippen molar-refractivity contribution >= 4 is 17.3 Å². The lowest BCUT2D eigenvalue weighted by Gasteiger charge is -2.13. The third-order valence-electron chi connectivity index (χ3n) is 3.00. The molecule has 21 heavy (non-hydrogen) atoms. The molecule has 0 radical (unpaired) electrons. The van der Waals surface area contributed by atoms with Crippen LogP contribution in [0, 0.1) is 10.1 Å². The molecule has 0 aromatic heterocycles. The fourth-order valence-electron chi connectivity index (χ4n) is 1.88. The van der Waals surface area contributed by atoms with Crippen LogP contribution in [0.1, 0.15) is 24.2 Å². The van der Waals surface area contributed by atoms with Crippen LogP contribution in [0.4, 0.5) is 5.69 Å². The summed E-state index contributed by atoms with van der Waals surface area (Å²) < 4.78 is 5.65. The Labute approximate surface area is 126 Å². The Balaban J connectivity index is 2.15. The number of hydrogen-bond donors (Lipinski definition) is 1. The molecule has 5 nitrogen and oxygen atoms in total. The summed E-state index contributed by atoms with van der Waals surface area (Å²) in [5, 5.41) is 20.6. The number of nitro benzene ring substituents is 1. The van der Waals surface area contributed by atoms with E-state index in [0.717, 1.165) is 0 Å².